The van der Waals surface area contributed by atoms with Crippen LogP contribution in [0.15, 0.2) is 24.3 Å². The van der Waals surface area contributed by atoms with E-state index in [-0.39, 0.29) is 0 Å². The molecule has 2 aromatic rings. The van der Waals surface area contributed by atoms with E-state index in [0.29, 0.717) is 10.9 Å². The Morgan fingerprint density at radius 1 is 1.10 bits per heavy atom. The lowest BCUT2D eigenvalue weighted by atomic mass is 10.1. The molecule has 0 radical (unpaired) electrons. The van der Waals surface area contributed by atoms with Crippen LogP contribution in [0.3, 0.4) is 0 Å². The maximum atomic E-state index is 12.8. The Balaban J connectivity index is 2.01. The number of hydrogen-bond donors (Lipinski definition) is 1. The van der Waals surface area contributed by atoms with Gasteiger partial charge in [-0.2, -0.15) is 13.2 Å². The monoisotopic (exact) mass is 283 g/mol. The predicted octanol–water partition coefficient (Wildman–Crippen LogP) is 2.94. The van der Waals surface area contributed by atoms with Crippen molar-refractivity contribution in [2.75, 3.05) is 38.1 Å². The number of H-pyrrole nitrogens is 1. The van der Waals surface area contributed by atoms with E-state index < -0.39 is 11.9 Å². The van der Waals surface area contributed by atoms with Gasteiger partial charge in [0.25, 0.3) is 0 Å². The molecule has 0 saturated carbocycles. The fraction of sp³-hybridized carbons (Fsp3) is 0.429. The molecule has 0 unspecified atom stereocenters. The molecule has 1 aliphatic rings. The third-order valence-electron chi connectivity index (χ3n) is 3.79. The summed E-state index contributed by atoms with van der Waals surface area (Å²) in [5.74, 6) is 0. The number of benzene rings is 1. The molecule has 1 aromatic carbocycles. The van der Waals surface area contributed by atoms with Crippen molar-refractivity contribution in [1.82, 2.24) is 9.88 Å². The Morgan fingerprint density at radius 3 is 2.45 bits per heavy atom. The van der Waals surface area contributed by atoms with E-state index in [4.69, 9.17) is 0 Å². The molecular weight excluding hydrogens is 267 g/mol. The molecule has 1 saturated heterocycles. The minimum atomic E-state index is -4.33. The van der Waals surface area contributed by atoms with Crippen LogP contribution in [0.4, 0.5) is 18.9 Å². The number of nitrogens with one attached hydrogen (secondary N) is 1. The SMILES string of the molecule is CN1CCN(c2cccc3[nH]c(C(F)(F)F)cc23)CC1. The Labute approximate surface area is 115 Å². The normalized spacial score (nSPS) is 17.9. The molecule has 1 N–H and O–H groups in total. The molecule has 0 bridgehead atoms. The van der Waals surface area contributed by atoms with Crippen LogP contribution >= 0.6 is 0 Å². The van der Waals surface area contributed by atoms with Gasteiger partial charge in [-0.25, -0.2) is 0 Å². The fourth-order valence-electron chi connectivity index (χ4n) is 2.62. The van der Waals surface area contributed by atoms with Gasteiger partial charge in [0, 0.05) is 42.8 Å². The number of hydrogen-bond acceptors (Lipinski definition) is 2. The topological polar surface area (TPSA) is 22.3 Å². The molecule has 1 aromatic heterocycles. The first-order valence-corrected chi connectivity index (χ1v) is 6.57. The van der Waals surface area contributed by atoms with Crippen LogP contribution in [0.2, 0.25) is 0 Å². The smallest absolute Gasteiger partial charge is 0.368 e. The third-order valence-corrected chi connectivity index (χ3v) is 3.79. The highest BCUT2D eigenvalue weighted by Gasteiger charge is 2.33. The second-order valence-corrected chi connectivity index (χ2v) is 5.21. The van der Waals surface area contributed by atoms with Gasteiger partial charge >= 0.3 is 6.18 Å². The molecule has 0 atom stereocenters. The average Bonchev–Trinajstić information content (AvgIpc) is 2.83. The summed E-state index contributed by atoms with van der Waals surface area (Å²) in [6.07, 6.45) is -4.33. The van der Waals surface area contributed by atoms with Gasteiger partial charge in [-0.1, -0.05) is 6.07 Å². The van der Waals surface area contributed by atoms with Crippen molar-refractivity contribution in [1.29, 1.82) is 0 Å². The zero-order valence-electron chi connectivity index (χ0n) is 11.2. The number of alkyl halides is 3. The highest BCUT2D eigenvalue weighted by Crippen LogP contribution is 2.35. The minimum Gasteiger partial charge on any atom is -0.368 e. The lowest BCUT2D eigenvalue weighted by Crippen LogP contribution is -2.44. The van der Waals surface area contributed by atoms with Crippen LogP contribution < -0.4 is 4.90 Å². The van der Waals surface area contributed by atoms with Gasteiger partial charge in [0.05, 0.1) is 0 Å². The number of nitrogens with zero attached hydrogens (tertiary/aromatic N) is 2. The molecule has 3 nitrogen and oxygen atoms in total. The maximum absolute atomic E-state index is 12.8. The summed E-state index contributed by atoms with van der Waals surface area (Å²) < 4.78 is 38.4. The van der Waals surface area contributed by atoms with Gasteiger partial charge < -0.3 is 14.8 Å². The predicted molar refractivity (Wildman–Crippen MR) is 73.0 cm³/mol. The van der Waals surface area contributed by atoms with Crippen molar-refractivity contribution < 1.29 is 13.2 Å². The first kappa shape index (κ1) is 13.3. The molecule has 2 heterocycles. The second-order valence-electron chi connectivity index (χ2n) is 5.21. The van der Waals surface area contributed by atoms with Crippen LogP contribution in [0.5, 0.6) is 0 Å². The van der Waals surface area contributed by atoms with Crippen molar-refractivity contribution in [2.45, 2.75) is 6.18 Å². The van der Waals surface area contributed by atoms with E-state index >= 15 is 0 Å². The molecule has 0 spiro atoms. The molecule has 6 heteroatoms. The number of halogens is 3. The molecule has 1 aliphatic heterocycles. The lowest BCUT2D eigenvalue weighted by molar-refractivity contribution is -0.140. The largest absolute Gasteiger partial charge is 0.431 e. The number of anilines is 1. The van der Waals surface area contributed by atoms with Crippen LogP contribution in [0.25, 0.3) is 10.9 Å². The van der Waals surface area contributed by atoms with E-state index in [1.807, 2.05) is 6.07 Å². The van der Waals surface area contributed by atoms with E-state index in [0.717, 1.165) is 31.9 Å². The summed E-state index contributed by atoms with van der Waals surface area (Å²) in [5.41, 5.74) is 0.727. The van der Waals surface area contributed by atoms with Gasteiger partial charge in [0.1, 0.15) is 5.69 Å². The van der Waals surface area contributed by atoms with Crippen LogP contribution in [-0.2, 0) is 6.18 Å². The third kappa shape index (κ3) is 2.35. The van der Waals surface area contributed by atoms with E-state index in [1.54, 1.807) is 12.1 Å². The van der Waals surface area contributed by atoms with Gasteiger partial charge in [0.2, 0.25) is 0 Å². The first-order valence-electron chi connectivity index (χ1n) is 6.57. The molecule has 1 fully saturated rings. The zero-order valence-corrected chi connectivity index (χ0v) is 11.2. The van der Waals surface area contributed by atoms with Crippen LogP contribution in [0.1, 0.15) is 5.69 Å². The van der Waals surface area contributed by atoms with Gasteiger partial charge in [0.15, 0.2) is 0 Å². The maximum Gasteiger partial charge on any atom is 0.431 e. The Bertz CT molecular complexity index is 610. The fourth-order valence-corrected chi connectivity index (χ4v) is 2.62. The Kier molecular flexibility index (Phi) is 3.12. The van der Waals surface area contributed by atoms with Crippen LogP contribution in [-0.4, -0.2) is 43.1 Å². The summed E-state index contributed by atoms with van der Waals surface area (Å²) in [7, 11) is 2.05. The Morgan fingerprint density at radius 2 is 1.80 bits per heavy atom. The highest BCUT2D eigenvalue weighted by molar-refractivity contribution is 5.93. The standard InChI is InChI=1S/C14H16F3N3/c1-19-5-7-20(8-6-19)12-4-2-3-11-10(12)9-13(18-11)14(15,16)17/h2-4,9,18H,5-8H2,1H3. The number of aromatic nitrogens is 1. The van der Waals surface area contributed by atoms with E-state index in [2.05, 4.69) is 21.8 Å². The summed E-state index contributed by atoms with van der Waals surface area (Å²) in [5, 5.41) is 0.643. The molecule has 20 heavy (non-hydrogen) atoms. The quantitative estimate of drug-likeness (QED) is 0.869. The first-order chi connectivity index (χ1) is 9.45. The van der Waals surface area contributed by atoms with Gasteiger partial charge in [-0.15, -0.1) is 0 Å². The van der Waals surface area contributed by atoms with Crippen molar-refractivity contribution in [3.05, 3.63) is 30.0 Å². The lowest BCUT2D eigenvalue weighted by Gasteiger charge is -2.34. The number of rotatable bonds is 1. The van der Waals surface area contributed by atoms with Crippen molar-refractivity contribution in [3.8, 4) is 0 Å². The van der Waals surface area contributed by atoms with Gasteiger partial charge in [-0.05, 0) is 25.2 Å². The summed E-state index contributed by atoms with van der Waals surface area (Å²) in [4.78, 5) is 6.83. The highest BCUT2D eigenvalue weighted by atomic mass is 19.4. The molecule has 0 amide bonds. The van der Waals surface area contributed by atoms with E-state index in [1.165, 1.54) is 6.07 Å². The number of likely N-dealkylation sites (N-methyl/N-ethyl adjacent to an activating group) is 1. The summed E-state index contributed by atoms with van der Waals surface area (Å²) in [6.45, 7) is 3.52. The Hall–Kier alpha value is -1.69. The summed E-state index contributed by atoms with van der Waals surface area (Å²) >= 11 is 0. The second kappa shape index (κ2) is 4.70. The summed E-state index contributed by atoms with van der Waals surface area (Å²) in [6, 6.07) is 6.58. The van der Waals surface area contributed by atoms with Crippen molar-refractivity contribution >= 4 is 16.6 Å². The number of fused-ring (bicyclic) bond motifs is 1. The van der Waals surface area contributed by atoms with Crippen molar-refractivity contribution in [3.63, 3.8) is 0 Å². The van der Waals surface area contributed by atoms with Gasteiger partial charge in [-0.3, -0.25) is 0 Å². The average molecular weight is 283 g/mol. The molecule has 3 rings (SSSR count). The zero-order chi connectivity index (χ0) is 14.3. The van der Waals surface area contributed by atoms with E-state index in [9.17, 15) is 13.2 Å². The molecule has 0 aliphatic carbocycles. The number of aromatic amines is 1. The molecular formula is C14H16F3N3. The number of piperazine rings is 1. The molecule has 108 valence electrons. The van der Waals surface area contributed by atoms with Crippen molar-refractivity contribution in [2.24, 2.45) is 0 Å². The minimum absolute atomic E-state index is 0.536. The van der Waals surface area contributed by atoms with Crippen LogP contribution in [0, 0.1) is 0 Å².